The van der Waals surface area contributed by atoms with Gasteiger partial charge in [0.05, 0.1) is 0 Å². The molecule has 3 heterocycles. The maximum atomic E-state index is 13.2. The number of likely N-dealkylation sites (tertiary alicyclic amines) is 1. The van der Waals surface area contributed by atoms with Gasteiger partial charge in [-0.15, -0.1) is 0 Å². The molecule has 1 N–H and O–H groups in total. The second kappa shape index (κ2) is 6.90. The second-order valence-corrected chi connectivity index (χ2v) is 8.31. The molecule has 28 heavy (non-hydrogen) atoms. The van der Waals surface area contributed by atoms with Gasteiger partial charge in [0.1, 0.15) is 5.82 Å². The van der Waals surface area contributed by atoms with Crippen molar-refractivity contribution in [2.24, 2.45) is 0 Å². The van der Waals surface area contributed by atoms with E-state index in [0.717, 1.165) is 31.2 Å². The van der Waals surface area contributed by atoms with Crippen LogP contribution in [0.25, 0.3) is 0 Å². The molecule has 154 valence electrons. The van der Waals surface area contributed by atoms with Crippen LogP contribution in [0.3, 0.4) is 0 Å². The zero-order valence-corrected chi connectivity index (χ0v) is 15.5. The summed E-state index contributed by atoms with van der Waals surface area (Å²) in [6.07, 6.45) is -2.30. The van der Waals surface area contributed by atoms with Crippen molar-refractivity contribution >= 4 is 6.03 Å². The van der Waals surface area contributed by atoms with Crippen molar-refractivity contribution in [3.63, 3.8) is 0 Å². The van der Waals surface area contributed by atoms with E-state index < -0.39 is 24.6 Å². The summed E-state index contributed by atoms with van der Waals surface area (Å²) in [6.45, 7) is -0.182. The van der Waals surface area contributed by atoms with Gasteiger partial charge >= 0.3 is 12.2 Å². The average molecular weight is 400 g/mol. The lowest BCUT2D eigenvalue weighted by Gasteiger charge is -2.44. The lowest BCUT2D eigenvalue weighted by molar-refractivity contribution is -0.271. The third kappa shape index (κ3) is 3.36. The van der Waals surface area contributed by atoms with Crippen molar-refractivity contribution in [1.82, 2.24) is 9.80 Å². The fourth-order valence-electron chi connectivity index (χ4n) is 5.01. The normalized spacial score (nSPS) is 29.8. The van der Waals surface area contributed by atoms with E-state index in [1.165, 1.54) is 17.0 Å². The van der Waals surface area contributed by atoms with E-state index in [1.54, 1.807) is 12.1 Å². The number of halogens is 4. The van der Waals surface area contributed by atoms with Crippen LogP contribution in [0.1, 0.15) is 50.0 Å². The molecule has 4 rings (SSSR count). The maximum absolute atomic E-state index is 13.2. The summed E-state index contributed by atoms with van der Waals surface area (Å²) in [4.78, 5) is 16.3. The third-order valence-corrected chi connectivity index (χ3v) is 6.68. The van der Waals surface area contributed by atoms with E-state index >= 15 is 0 Å². The van der Waals surface area contributed by atoms with E-state index in [0.29, 0.717) is 0 Å². The van der Waals surface area contributed by atoms with Crippen LogP contribution >= 0.6 is 0 Å². The van der Waals surface area contributed by atoms with Crippen LogP contribution in [0.2, 0.25) is 0 Å². The van der Waals surface area contributed by atoms with Gasteiger partial charge < -0.3 is 14.9 Å². The van der Waals surface area contributed by atoms with Crippen molar-refractivity contribution < 1.29 is 27.5 Å². The number of hydrogen-bond acceptors (Lipinski definition) is 2. The van der Waals surface area contributed by atoms with Crippen molar-refractivity contribution in [2.45, 2.75) is 68.3 Å². The van der Waals surface area contributed by atoms with Crippen molar-refractivity contribution in [1.29, 1.82) is 0 Å². The molecule has 2 atom stereocenters. The molecule has 0 spiro atoms. The van der Waals surface area contributed by atoms with Crippen molar-refractivity contribution in [3.8, 4) is 0 Å². The molecule has 0 aromatic heterocycles. The number of benzene rings is 1. The predicted octanol–water partition coefficient (Wildman–Crippen LogP) is 4.05. The van der Waals surface area contributed by atoms with Crippen LogP contribution in [0.4, 0.5) is 22.4 Å². The summed E-state index contributed by atoms with van der Waals surface area (Å²) in [7, 11) is 0. The van der Waals surface area contributed by atoms with E-state index in [-0.39, 0.29) is 42.9 Å². The number of aliphatic hydroxyl groups is 1. The van der Waals surface area contributed by atoms with E-state index in [9.17, 15) is 27.5 Å². The van der Waals surface area contributed by atoms with Crippen molar-refractivity contribution in [3.05, 3.63) is 35.6 Å². The summed E-state index contributed by atoms with van der Waals surface area (Å²) in [5, 5.41) is 9.81. The highest BCUT2D eigenvalue weighted by Gasteiger charge is 2.55. The lowest BCUT2D eigenvalue weighted by Crippen LogP contribution is -2.58. The third-order valence-electron chi connectivity index (χ3n) is 6.68. The van der Waals surface area contributed by atoms with E-state index in [1.807, 2.05) is 4.90 Å². The fraction of sp³-hybridized carbons (Fsp3) is 0.650. The molecule has 0 radical (unpaired) electrons. The first-order chi connectivity index (χ1) is 13.2. The smallest absolute Gasteiger partial charge is 0.380 e. The quantitative estimate of drug-likeness (QED) is 0.723. The summed E-state index contributed by atoms with van der Waals surface area (Å²) < 4.78 is 52.1. The van der Waals surface area contributed by atoms with Gasteiger partial charge in [-0.1, -0.05) is 12.1 Å². The molecular weight excluding hydrogens is 376 g/mol. The molecule has 0 unspecified atom stereocenters. The molecule has 3 aliphatic rings. The molecule has 1 aromatic carbocycles. The monoisotopic (exact) mass is 400 g/mol. The summed E-state index contributed by atoms with van der Waals surface area (Å²) in [5.74, 6) is -0.0120. The number of alkyl halides is 3. The van der Waals surface area contributed by atoms with Crippen LogP contribution < -0.4 is 0 Å². The molecule has 3 fully saturated rings. The summed E-state index contributed by atoms with van der Waals surface area (Å²) in [5.41, 5.74) is -1.63. The van der Waals surface area contributed by atoms with Gasteiger partial charge in [0.25, 0.3) is 0 Å². The van der Waals surface area contributed by atoms with Crippen LogP contribution in [0, 0.1) is 5.82 Å². The average Bonchev–Trinajstić information content (AvgIpc) is 2.91. The fourth-order valence-corrected chi connectivity index (χ4v) is 5.01. The summed E-state index contributed by atoms with van der Waals surface area (Å²) >= 11 is 0. The molecule has 4 nitrogen and oxygen atoms in total. The maximum Gasteiger partial charge on any atom is 0.417 e. The van der Waals surface area contributed by atoms with Gasteiger partial charge in [0, 0.05) is 38.0 Å². The molecule has 0 saturated carbocycles. The molecule has 8 heteroatoms. The van der Waals surface area contributed by atoms with Crippen molar-refractivity contribution in [2.75, 3.05) is 13.1 Å². The van der Waals surface area contributed by atoms with Gasteiger partial charge in [-0.25, -0.2) is 9.18 Å². The van der Waals surface area contributed by atoms with Gasteiger partial charge in [-0.3, -0.25) is 0 Å². The number of fused-ring (bicyclic) bond motifs is 2. The highest BCUT2D eigenvalue weighted by Crippen LogP contribution is 2.44. The number of piperidine rings is 2. The molecule has 2 amide bonds. The molecule has 0 aliphatic carbocycles. The standard InChI is InChI=1S/C20H24F4N2O2/c21-15-3-1-13(2-4-15)14-11-16-5-6-17(12-14)26(16)18(27)25-9-7-19(28,8-10-25)20(22,23)24/h1-4,14,16-17,28H,5-12H2/t16-,17-/m1/s1. The Hall–Kier alpha value is -1.83. The topological polar surface area (TPSA) is 43.8 Å². The minimum atomic E-state index is -4.67. The molecule has 1 aromatic rings. The van der Waals surface area contributed by atoms with Crippen LogP contribution in [-0.2, 0) is 0 Å². The van der Waals surface area contributed by atoms with E-state index in [4.69, 9.17) is 0 Å². The zero-order valence-electron chi connectivity index (χ0n) is 15.5. The lowest BCUT2D eigenvalue weighted by atomic mass is 9.85. The number of nitrogens with zero attached hydrogens (tertiary/aromatic N) is 2. The first kappa shape index (κ1) is 19.5. The SMILES string of the molecule is O=C(N1CCC(O)(C(F)(F)F)CC1)N1[C@@H]2CC[C@@H]1CC(c1ccc(F)cc1)C2. The van der Waals surface area contributed by atoms with E-state index in [2.05, 4.69) is 0 Å². The Labute approximate surface area is 161 Å². The largest absolute Gasteiger partial charge is 0.417 e. The molecular formula is C20H24F4N2O2. The Balaban J connectivity index is 1.41. The first-order valence-electron chi connectivity index (χ1n) is 9.80. The van der Waals surface area contributed by atoms with Crippen LogP contribution in [0.15, 0.2) is 24.3 Å². The Morgan fingerprint density at radius 1 is 1.04 bits per heavy atom. The van der Waals surface area contributed by atoms with Crippen LogP contribution in [-0.4, -0.2) is 57.9 Å². The molecule has 3 saturated heterocycles. The van der Waals surface area contributed by atoms with Gasteiger partial charge in [-0.2, -0.15) is 13.2 Å². The minimum Gasteiger partial charge on any atom is -0.380 e. The first-order valence-corrected chi connectivity index (χ1v) is 9.80. The Bertz CT molecular complexity index is 715. The van der Waals surface area contributed by atoms with Gasteiger partial charge in [0.15, 0.2) is 5.60 Å². The highest BCUT2D eigenvalue weighted by atomic mass is 19.4. The second-order valence-electron chi connectivity index (χ2n) is 8.31. The Morgan fingerprint density at radius 2 is 1.57 bits per heavy atom. The Morgan fingerprint density at radius 3 is 2.07 bits per heavy atom. The molecule has 3 aliphatic heterocycles. The number of hydrogen-bond donors (Lipinski definition) is 1. The highest BCUT2D eigenvalue weighted by molar-refractivity contribution is 5.76. The number of rotatable bonds is 1. The van der Waals surface area contributed by atoms with Crippen LogP contribution in [0.5, 0.6) is 0 Å². The van der Waals surface area contributed by atoms with Gasteiger partial charge in [0.2, 0.25) is 0 Å². The number of carbonyl (C=O) groups is 1. The Kier molecular flexibility index (Phi) is 4.80. The number of carbonyl (C=O) groups excluding carboxylic acids is 1. The number of urea groups is 1. The minimum absolute atomic E-state index is 0.0599. The summed E-state index contributed by atoms with van der Waals surface area (Å²) in [6, 6.07) is 6.39. The zero-order chi connectivity index (χ0) is 20.1. The predicted molar refractivity (Wildman–Crippen MR) is 94.2 cm³/mol. The molecule has 2 bridgehead atoms. The number of amides is 2. The van der Waals surface area contributed by atoms with Gasteiger partial charge in [-0.05, 0) is 49.3 Å².